The summed E-state index contributed by atoms with van der Waals surface area (Å²) in [6.45, 7) is 0.235. The fourth-order valence-corrected chi connectivity index (χ4v) is 3.69. The minimum atomic E-state index is -5.08. The summed E-state index contributed by atoms with van der Waals surface area (Å²) in [5.41, 5.74) is -3.52. The maximum atomic E-state index is 13.4. The van der Waals surface area contributed by atoms with E-state index < -0.39 is 33.9 Å². The van der Waals surface area contributed by atoms with E-state index in [1.54, 1.807) is 0 Å². The highest BCUT2D eigenvalue weighted by Crippen LogP contribution is 2.38. The molecule has 0 unspecified atom stereocenters. The first kappa shape index (κ1) is 20.2. The number of aliphatic hydroxyl groups is 1. The van der Waals surface area contributed by atoms with E-state index in [0.29, 0.717) is 11.3 Å². The van der Waals surface area contributed by atoms with E-state index in [2.05, 4.69) is 0 Å². The molecule has 2 rings (SSSR count). The van der Waals surface area contributed by atoms with Crippen molar-refractivity contribution in [2.75, 3.05) is 13.7 Å². The fraction of sp³-hybridized carbons (Fsp3) is 0.294. The van der Waals surface area contributed by atoms with E-state index in [0.717, 1.165) is 12.1 Å². The number of sulfonamides is 1. The Kier molecular flexibility index (Phi) is 5.64. The Hall–Kier alpha value is -2.10. The van der Waals surface area contributed by atoms with Gasteiger partial charge < -0.3 is 9.84 Å². The Bertz CT molecular complexity index is 869. The lowest BCUT2D eigenvalue weighted by atomic mass is 9.93. The molecular weight excluding hydrogens is 371 g/mol. The van der Waals surface area contributed by atoms with Crippen LogP contribution in [0.2, 0.25) is 0 Å². The van der Waals surface area contributed by atoms with Crippen LogP contribution in [0, 0.1) is 6.92 Å². The summed E-state index contributed by atoms with van der Waals surface area (Å²) < 4.78 is 72.0. The lowest BCUT2D eigenvalue weighted by Crippen LogP contribution is -2.51. The third-order valence-electron chi connectivity index (χ3n) is 3.91. The van der Waals surface area contributed by atoms with Crippen molar-refractivity contribution >= 4 is 10.0 Å². The quantitative estimate of drug-likeness (QED) is 0.797. The number of aryl methyl sites for hydroxylation is 1. The van der Waals surface area contributed by atoms with Crippen molar-refractivity contribution in [3.63, 3.8) is 0 Å². The van der Waals surface area contributed by atoms with Crippen LogP contribution < -0.4 is 9.46 Å². The molecule has 26 heavy (non-hydrogen) atoms. The molecule has 0 amide bonds. The van der Waals surface area contributed by atoms with Gasteiger partial charge in [0.1, 0.15) is 5.75 Å². The highest BCUT2D eigenvalue weighted by atomic mass is 32.2. The van der Waals surface area contributed by atoms with E-state index in [1.165, 1.54) is 50.4 Å². The second-order valence-electron chi connectivity index (χ2n) is 5.68. The van der Waals surface area contributed by atoms with E-state index in [-0.39, 0.29) is 4.90 Å². The van der Waals surface area contributed by atoms with Crippen LogP contribution in [0.1, 0.15) is 11.1 Å². The topological polar surface area (TPSA) is 75.6 Å². The van der Waals surface area contributed by atoms with Crippen molar-refractivity contribution in [2.24, 2.45) is 0 Å². The van der Waals surface area contributed by atoms with Crippen LogP contribution in [0.3, 0.4) is 0 Å². The predicted molar refractivity (Wildman–Crippen MR) is 89.3 cm³/mol. The molecule has 5 nitrogen and oxygen atoms in total. The fourth-order valence-electron chi connectivity index (χ4n) is 2.41. The van der Waals surface area contributed by atoms with Crippen molar-refractivity contribution in [1.29, 1.82) is 0 Å². The van der Waals surface area contributed by atoms with Crippen molar-refractivity contribution in [3.8, 4) is 5.75 Å². The lowest BCUT2D eigenvalue weighted by Gasteiger charge is -2.31. The van der Waals surface area contributed by atoms with Gasteiger partial charge in [-0.1, -0.05) is 30.3 Å². The van der Waals surface area contributed by atoms with E-state index in [4.69, 9.17) is 4.74 Å². The SMILES string of the molecule is COc1ccc(S(=O)(=O)NC[C@@](O)(c2ccccc2)C(F)(F)F)c(C)c1. The van der Waals surface area contributed by atoms with Gasteiger partial charge in [0.05, 0.1) is 18.6 Å². The van der Waals surface area contributed by atoms with Crippen molar-refractivity contribution in [1.82, 2.24) is 4.72 Å². The van der Waals surface area contributed by atoms with Crippen LogP contribution in [0.5, 0.6) is 5.75 Å². The Balaban J connectivity index is 2.34. The first-order valence-corrected chi connectivity index (χ1v) is 8.98. The average molecular weight is 389 g/mol. The molecule has 0 aliphatic heterocycles. The molecule has 142 valence electrons. The van der Waals surface area contributed by atoms with E-state index >= 15 is 0 Å². The highest BCUT2D eigenvalue weighted by Gasteiger charge is 2.55. The molecule has 2 aromatic carbocycles. The summed E-state index contributed by atoms with van der Waals surface area (Å²) in [7, 11) is -2.88. The Morgan fingerprint density at radius 1 is 1.12 bits per heavy atom. The maximum absolute atomic E-state index is 13.4. The Morgan fingerprint density at radius 2 is 1.73 bits per heavy atom. The summed E-state index contributed by atoms with van der Waals surface area (Å²) >= 11 is 0. The number of methoxy groups -OCH3 is 1. The largest absolute Gasteiger partial charge is 0.497 e. The lowest BCUT2D eigenvalue weighted by molar-refractivity contribution is -0.263. The first-order chi connectivity index (χ1) is 12.0. The van der Waals surface area contributed by atoms with Crippen molar-refractivity contribution in [2.45, 2.75) is 23.6 Å². The van der Waals surface area contributed by atoms with Crippen molar-refractivity contribution in [3.05, 3.63) is 59.7 Å². The van der Waals surface area contributed by atoms with Crippen LogP contribution in [0.15, 0.2) is 53.4 Å². The predicted octanol–water partition coefficient (Wildman–Crippen LogP) is 2.73. The molecule has 0 aromatic heterocycles. The Labute approximate surface area is 149 Å². The van der Waals surface area contributed by atoms with Gasteiger partial charge in [-0.15, -0.1) is 0 Å². The third kappa shape index (κ3) is 4.00. The van der Waals surface area contributed by atoms with Gasteiger partial charge >= 0.3 is 6.18 Å². The molecule has 0 heterocycles. The molecule has 2 N–H and O–H groups in total. The van der Waals surface area contributed by atoms with Crippen LogP contribution in [-0.2, 0) is 15.6 Å². The molecule has 0 bridgehead atoms. The van der Waals surface area contributed by atoms with Gasteiger partial charge in [0, 0.05) is 0 Å². The zero-order chi connectivity index (χ0) is 19.6. The number of hydrogen-bond acceptors (Lipinski definition) is 4. The van der Waals surface area contributed by atoms with Gasteiger partial charge in [0.15, 0.2) is 5.60 Å². The summed E-state index contributed by atoms with van der Waals surface area (Å²) in [5.74, 6) is 0.414. The van der Waals surface area contributed by atoms with Gasteiger partial charge in [-0.05, 0) is 36.2 Å². The number of hydrogen-bond donors (Lipinski definition) is 2. The number of nitrogens with one attached hydrogen (secondary N) is 1. The molecule has 0 saturated heterocycles. The number of benzene rings is 2. The molecule has 9 heteroatoms. The second kappa shape index (κ2) is 7.26. The number of rotatable bonds is 6. The monoisotopic (exact) mass is 389 g/mol. The van der Waals surface area contributed by atoms with Crippen LogP contribution in [-0.4, -0.2) is 33.4 Å². The third-order valence-corrected chi connectivity index (χ3v) is 5.47. The molecular formula is C17H18F3NO4S. The summed E-state index contributed by atoms with van der Waals surface area (Å²) in [4.78, 5) is -0.198. The molecule has 2 aromatic rings. The highest BCUT2D eigenvalue weighted by molar-refractivity contribution is 7.89. The molecule has 0 radical (unpaired) electrons. The summed E-state index contributed by atoms with van der Waals surface area (Å²) in [6, 6.07) is 10.4. The number of ether oxygens (including phenoxy) is 1. The minimum absolute atomic E-state index is 0.198. The second-order valence-corrected chi connectivity index (χ2v) is 7.42. The van der Waals surface area contributed by atoms with Gasteiger partial charge in [0.2, 0.25) is 10.0 Å². The molecule has 0 aliphatic carbocycles. The van der Waals surface area contributed by atoms with Crippen LogP contribution in [0.4, 0.5) is 13.2 Å². The van der Waals surface area contributed by atoms with E-state index in [9.17, 15) is 26.7 Å². The Morgan fingerprint density at radius 3 is 2.23 bits per heavy atom. The molecule has 0 saturated carbocycles. The first-order valence-electron chi connectivity index (χ1n) is 7.50. The standard InChI is InChI=1S/C17H18F3NO4S/c1-12-10-14(25-2)8-9-15(12)26(23,24)21-11-16(22,17(18,19)20)13-6-4-3-5-7-13/h3-10,21-22H,11H2,1-2H3/t16-/m1/s1. The summed E-state index contributed by atoms with van der Waals surface area (Å²) in [6.07, 6.45) is -5.08. The maximum Gasteiger partial charge on any atom is 0.422 e. The van der Waals surface area contributed by atoms with Crippen molar-refractivity contribution < 1.29 is 31.4 Å². The number of alkyl halides is 3. The zero-order valence-electron chi connectivity index (χ0n) is 14.0. The minimum Gasteiger partial charge on any atom is -0.497 e. The smallest absolute Gasteiger partial charge is 0.422 e. The van der Waals surface area contributed by atoms with Crippen LogP contribution in [0.25, 0.3) is 0 Å². The zero-order valence-corrected chi connectivity index (χ0v) is 14.9. The summed E-state index contributed by atoms with van der Waals surface area (Å²) in [5, 5.41) is 10.2. The van der Waals surface area contributed by atoms with Gasteiger partial charge in [-0.2, -0.15) is 13.2 Å². The average Bonchev–Trinajstić information content (AvgIpc) is 2.59. The normalized spacial score (nSPS) is 14.7. The molecule has 0 aliphatic rings. The number of halogens is 3. The van der Waals surface area contributed by atoms with Gasteiger partial charge in [0.25, 0.3) is 0 Å². The molecule has 0 spiro atoms. The van der Waals surface area contributed by atoms with Gasteiger partial charge in [-0.25, -0.2) is 13.1 Å². The van der Waals surface area contributed by atoms with E-state index in [1.807, 2.05) is 4.72 Å². The molecule has 1 atom stereocenters. The van der Waals surface area contributed by atoms with Gasteiger partial charge in [-0.3, -0.25) is 0 Å². The molecule has 0 fully saturated rings. The van der Waals surface area contributed by atoms with Crippen LogP contribution >= 0.6 is 0 Å².